The van der Waals surface area contributed by atoms with E-state index >= 15 is 0 Å². The van der Waals surface area contributed by atoms with Gasteiger partial charge in [0.25, 0.3) is 0 Å². The maximum absolute atomic E-state index is 11.8. The van der Waals surface area contributed by atoms with Gasteiger partial charge in [-0.15, -0.1) is 0 Å². The van der Waals surface area contributed by atoms with Crippen LogP contribution in [0.15, 0.2) is 12.1 Å². The van der Waals surface area contributed by atoms with Crippen molar-refractivity contribution >= 4 is 5.91 Å². The molecule has 17 heavy (non-hydrogen) atoms. The van der Waals surface area contributed by atoms with Gasteiger partial charge in [0.2, 0.25) is 5.91 Å². The minimum Gasteiger partial charge on any atom is -0.356 e. The van der Waals surface area contributed by atoms with Crippen LogP contribution in [0.3, 0.4) is 0 Å². The van der Waals surface area contributed by atoms with E-state index in [-0.39, 0.29) is 11.8 Å². The maximum atomic E-state index is 11.8. The van der Waals surface area contributed by atoms with Crippen molar-refractivity contribution in [1.82, 2.24) is 5.32 Å². The topological polar surface area (TPSA) is 29.1 Å². The Kier molecular flexibility index (Phi) is 3.51. The zero-order valence-electron chi connectivity index (χ0n) is 11.0. The van der Waals surface area contributed by atoms with Gasteiger partial charge in [0.15, 0.2) is 0 Å². The van der Waals surface area contributed by atoms with Crippen LogP contribution in [0.2, 0.25) is 0 Å². The first-order valence-corrected chi connectivity index (χ1v) is 6.42. The summed E-state index contributed by atoms with van der Waals surface area (Å²) in [5, 5.41) is 2.96. The lowest BCUT2D eigenvalue weighted by molar-refractivity contribution is -0.126. The molecule has 1 saturated heterocycles. The molecule has 1 aliphatic rings. The first-order valence-electron chi connectivity index (χ1n) is 6.42. The highest BCUT2D eigenvalue weighted by atomic mass is 16.1. The quantitative estimate of drug-likeness (QED) is 0.833. The largest absolute Gasteiger partial charge is 0.356 e. The summed E-state index contributed by atoms with van der Waals surface area (Å²) in [7, 11) is 0. The molecule has 2 nitrogen and oxygen atoms in total. The van der Waals surface area contributed by atoms with E-state index in [0.29, 0.717) is 0 Å². The molecule has 1 unspecified atom stereocenters. The molecule has 0 spiro atoms. The maximum Gasteiger partial charge on any atom is 0.223 e. The molecular formula is C15H21NO. The number of rotatable bonds is 2. The summed E-state index contributed by atoms with van der Waals surface area (Å²) in [5.74, 6) is 0.402. The highest BCUT2D eigenvalue weighted by molar-refractivity contribution is 5.79. The molecule has 0 saturated carbocycles. The molecule has 2 rings (SSSR count). The Bertz CT molecular complexity index is 414. The second kappa shape index (κ2) is 4.91. The molecule has 0 aliphatic carbocycles. The molecule has 1 N–H and O–H groups in total. The Morgan fingerprint density at radius 1 is 1.24 bits per heavy atom. The molecule has 1 amide bonds. The summed E-state index contributed by atoms with van der Waals surface area (Å²) in [5.41, 5.74) is 5.30. The third-order valence-corrected chi connectivity index (χ3v) is 3.69. The molecule has 1 aliphatic heterocycles. The van der Waals surface area contributed by atoms with Crippen LogP contribution in [-0.4, -0.2) is 12.5 Å². The van der Waals surface area contributed by atoms with Gasteiger partial charge in [0, 0.05) is 12.5 Å². The second-order valence-electron chi connectivity index (χ2n) is 5.21. The lowest BCUT2D eigenvalue weighted by Crippen LogP contribution is -2.37. The molecule has 0 bridgehead atoms. The van der Waals surface area contributed by atoms with Crippen LogP contribution in [0, 0.1) is 26.7 Å². The SMILES string of the molecule is Cc1cc(C)c(CC2CCCNC2=O)c(C)c1. The van der Waals surface area contributed by atoms with Crippen LogP contribution in [0.1, 0.15) is 35.1 Å². The van der Waals surface area contributed by atoms with E-state index in [9.17, 15) is 4.79 Å². The highest BCUT2D eigenvalue weighted by Crippen LogP contribution is 2.23. The summed E-state index contributed by atoms with van der Waals surface area (Å²) in [4.78, 5) is 11.8. The number of piperidine rings is 1. The van der Waals surface area contributed by atoms with Crippen molar-refractivity contribution in [3.05, 3.63) is 34.4 Å². The number of hydrogen-bond acceptors (Lipinski definition) is 1. The lowest BCUT2D eigenvalue weighted by atomic mass is 9.87. The van der Waals surface area contributed by atoms with Gasteiger partial charge in [-0.25, -0.2) is 0 Å². The molecule has 0 radical (unpaired) electrons. The van der Waals surface area contributed by atoms with Gasteiger partial charge >= 0.3 is 0 Å². The smallest absolute Gasteiger partial charge is 0.223 e. The van der Waals surface area contributed by atoms with Crippen molar-refractivity contribution < 1.29 is 4.79 Å². The molecule has 1 heterocycles. The highest BCUT2D eigenvalue weighted by Gasteiger charge is 2.23. The number of amides is 1. The fourth-order valence-electron chi connectivity index (χ4n) is 2.81. The number of hydrogen-bond donors (Lipinski definition) is 1. The number of nitrogens with one attached hydrogen (secondary N) is 1. The van der Waals surface area contributed by atoms with Gasteiger partial charge in [-0.3, -0.25) is 4.79 Å². The van der Waals surface area contributed by atoms with Crippen molar-refractivity contribution in [2.75, 3.05) is 6.54 Å². The normalized spacial score (nSPS) is 20.2. The van der Waals surface area contributed by atoms with Crippen LogP contribution in [0.4, 0.5) is 0 Å². The summed E-state index contributed by atoms with van der Waals surface area (Å²) >= 11 is 0. The van der Waals surface area contributed by atoms with Gasteiger partial charge < -0.3 is 5.32 Å². The first kappa shape index (κ1) is 12.2. The van der Waals surface area contributed by atoms with E-state index in [1.165, 1.54) is 22.3 Å². The lowest BCUT2D eigenvalue weighted by Gasteiger charge is -2.23. The van der Waals surface area contributed by atoms with E-state index in [4.69, 9.17) is 0 Å². The summed E-state index contributed by atoms with van der Waals surface area (Å²) < 4.78 is 0. The van der Waals surface area contributed by atoms with E-state index in [2.05, 4.69) is 38.2 Å². The zero-order chi connectivity index (χ0) is 12.4. The minimum atomic E-state index is 0.170. The Labute approximate surface area is 103 Å². The Morgan fingerprint density at radius 3 is 2.47 bits per heavy atom. The van der Waals surface area contributed by atoms with Crippen molar-refractivity contribution in [3.63, 3.8) is 0 Å². The van der Waals surface area contributed by atoms with Crippen LogP contribution in [0.5, 0.6) is 0 Å². The van der Waals surface area contributed by atoms with Crippen molar-refractivity contribution in [1.29, 1.82) is 0 Å². The van der Waals surface area contributed by atoms with Crippen LogP contribution < -0.4 is 5.32 Å². The van der Waals surface area contributed by atoms with Crippen molar-refractivity contribution in [2.45, 2.75) is 40.0 Å². The number of aryl methyl sites for hydroxylation is 3. The molecule has 0 aromatic heterocycles. The van der Waals surface area contributed by atoms with Crippen LogP contribution in [-0.2, 0) is 11.2 Å². The fraction of sp³-hybridized carbons (Fsp3) is 0.533. The van der Waals surface area contributed by atoms with Crippen molar-refractivity contribution in [2.24, 2.45) is 5.92 Å². The fourth-order valence-corrected chi connectivity index (χ4v) is 2.81. The Hall–Kier alpha value is -1.31. The van der Waals surface area contributed by atoms with Gasteiger partial charge in [-0.1, -0.05) is 17.7 Å². The Balaban J connectivity index is 2.20. The second-order valence-corrected chi connectivity index (χ2v) is 5.21. The van der Waals surface area contributed by atoms with E-state index in [0.717, 1.165) is 25.8 Å². The molecule has 1 atom stereocenters. The molecule has 1 fully saturated rings. The summed E-state index contributed by atoms with van der Waals surface area (Å²) in [6.07, 6.45) is 3.03. The first-order chi connectivity index (χ1) is 8.08. The molecule has 2 heteroatoms. The van der Waals surface area contributed by atoms with Crippen LogP contribution in [0.25, 0.3) is 0 Å². The van der Waals surface area contributed by atoms with Gasteiger partial charge in [-0.2, -0.15) is 0 Å². The van der Waals surface area contributed by atoms with E-state index in [1.807, 2.05) is 0 Å². The summed E-state index contributed by atoms with van der Waals surface area (Å²) in [6, 6.07) is 4.42. The number of carbonyl (C=O) groups is 1. The third-order valence-electron chi connectivity index (χ3n) is 3.69. The molecule has 1 aromatic carbocycles. The van der Waals surface area contributed by atoms with Gasteiger partial charge in [-0.05, 0) is 56.7 Å². The average Bonchev–Trinajstić information content (AvgIpc) is 2.25. The third kappa shape index (κ3) is 2.68. The minimum absolute atomic E-state index is 0.170. The number of carbonyl (C=O) groups excluding carboxylic acids is 1. The van der Waals surface area contributed by atoms with Gasteiger partial charge in [0.1, 0.15) is 0 Å². The van der Waals surface area contributed by atoms with E-state index < -0.39 is 0 Å². The Morgan fingerprint density at radius 2 is 1.88 bits per heavy atom. The van der Waals surface area contributed by atoms with Gasteiger partial charge in [0.05, 0.1) is 0 Å². The monoisotopic (exact) mass is 231 g/mol. The molecule has 92 valence electrons. The predicted molar refractivity (Wildman–Crippen MR) is 70.1 cm³/mol. The zero-order valence-corrected chi connectivity index (χ0v) is 11.0. The standard InChI is InChI=1S/C15H21NO/c1-10-7-11(2)14(12(3)8-10)9-13-5-4-6-16-15(13)17/h7-8,13H,4-6,9H2,1-3H3,(H,16,17). The average molecular weight is 231 g/mol. The summed E-state index contributed by atoms with van der Waals surface area (Å²) in [6.45, 7) is 7.27. The molecule has 1 aromatic rings. The predicted octanol–water partition coefficient (Wildman–Crippen LogP) is 2.68. The van der Waals surface area contributed by atoms with Crippen molar-refractivity contribution in [3.8, 4) is 0 Å². The molecular weight excluding hydrogens is 210 g/mol. The number of benzene rings is 1. The van der Waals surface area contributed by atoms with E-state index in [1.54, 1.807) is 0 Å². The van der Waals surface area contributed by atoms with Crippen LogP contribution >= 0.6 is 0 Å².